The number of nitrogens with one attached hydrogen (secondary N) is 1. The van der Waals surface area contributed by atoms with Crippen LogP contribution in [0.2, 0.25) is 0 Å². The minimum atomic E-state index is -1.40. The Labute approximate surface area is 130 Å². The molecule has 128 valence electrons. The Hall–Kier alpha value is -2.01. The second kappa shape index (κ2) is 7.04. The predicted octanol–water partition coefficient (Wildman–Crippen LogP) is -2.48. The number of esters is 1. The van der Waals surface area contributed by atoms with Crippen LogP contribution in [0.25, 0.3) is 0 Å². The average Bonchev–Trinajstić information content (AvgIpc) is 2.78. The minimum absolute atomic E-state index is 0.0157. The maximum absolute atomic E-state index is 11.9. The fraction of sp³-hybridized carbons (Fsp3) is 0.615. The quantitative estimate of drug-likeness (QED) is 0.504. The van der Waals surface area contributed by atoms with Gasteiger partial charge in [-0.15, -0.1) is 0 Å². The number of methoxy groups -OCH3 is 2. The number of aliphatic hydroxyl groups is 2. The Morgan fingerprint density at radius 1 is 1.35 bits per heavy atom. The third-order valence-corrected chi connectivity index (χ3v) is 3.55. The first kappa shape index (κ1) is 17.3. The molecule has 0 amide bonds. The fourth-order valence-corrected chi connectivity index (χ4v) is 2.33. The smallest absolute Gasteiger partial charge is 0.330 e. The van der Waals surface area contributed by atoms with E-state index in [0.29, 0.717) is 0 Å². The summed E-state index contributed by atoms with van der Waals surface area (Å²) in [7, 11) is 2.57. The van der Waals surface area contributed by atoms with Gasteiger partial charge >= 0.3 is 11.7 Å². The molecular formula is C13H18N2O8. The Morgan fingerprint density at radius 3 is 2.65 bits per heavy atom. The van der Waals surface area contributed by atoms with Crippen LogP contribution in [0.4, 0.5) is 0 Å². The number of carbonyl (C=O) groups excluding carboxylic acids is 1. The summed E-state index contributed by atoms with van der Waals surface area (Å²) in [5.74, 6) is -0.661. The van der Waals surface area contributed by atoms with Crippen LogP contribution >= 0.6 is 0 Å². The van der Waals surface area contributed by atoms with Gasteiger partial charge in [-0.05, 0) is 0 Å². The van der Waals surface area contributed by atoms with Crippen molar-refractivity contribution in [3.63, 3.8) is 0 Å². The van der Waals surface area contributed by atoms with E-state index in [9.17, 15) is 24.6 Å². The molecule has 0 bridgehead atoms. The van der Waals surface area contributed by atoms with Gasteiger partial charge in [-0.1, -0.05) is 0 Å². The van der Waals surface area contributed by atoms with E-state index in [1.807, 2.05) is 4.98 Å². The van der Waals surface area contributed by atoms with Crippen LogP contribution in [-0.4, -0.2) is 64.9 Å². The van der Waals surface area contributed by atoms with Crippen LogP contribution < -0.4 is 11.2 Å². The SMILES string of the molecule is COCC1OC(n2cc(CC(=O)OC)c(=O)[nH]c2=O)C(O)C1O. The summed E-state index contributed by atoms with van der Waals surface area (Å²) in [5.41, 5.74) is -1.60. The molecule has 0 spiro atoms. The minimum Gasteiger partial charge on any atom is -0.469 e. The number of aromatic amines is 1. The first-order valence-electron chi connectivity index (χ1n) is 6.80. The molecule has 1 fully saturated rings. The van der Waals surface area contributed by atoms with Crippen molar-refractivity contribution >= 4 is 5.97 Å². The molecule has 0 aromatic carbocycles. The zero-order valence-corrected chi connectivity index (χ0v) is 12.6. The lowest BCUT2D eigenvalue weighted by molar-refractivity contribution is -0.139. The van der Waals surface area contributed by atoms with Crippen LogP contribution in [0.15, 0.2) is 15.8 Å². The highest BCUT2D eigenvalue weighted by atomic mass is 16.6. The third kappa shape index (κ3) is 3.50. The zero-order valence-electron chi connectivity index (χ0n) is 12.6. The van der Waals surface area contributed by atoms with Crippen molar-refractivity contribution in [3.8, 4) is 0 Å². The van der Waals surface area contributed by atoms with Gasteiger partial charge < -0.3 is 24.4 Å². The highest BCUT2D eigenvalue weighted by molar-refractivity contribution is 5.72. The molecule has 1 saturated heterocycles. The van der Waals surface area contributed by atoms with Crippen LogP contribution in [0.5, 0.6) is 0 Å². The van der Waals surface area contributed by atoms with Crippen molar-refractivity contribution < 1.29 is 29.2 Å². The predicted molar refractivity (Wildman–Crippen MR) is 74.8 cm³/mol. The zero-order chi connectivity index (χ0) is 17.1. The summed E-state index contributed by atoms with van der Waals surface area (Å²) in [6.07, 6.45) is -3.95. The van der Waals surface area contributed by atoms with Crippen molar-refractivity contribution in [3.05, 3.63) is 32.6 Å². The van der Waals surface area contributed by atoms with Gasteiger partial charge in [-0.2, -0.15) is 0 Å². The summed E-state index contributed by atoms with van der Waals surface area (Å²) >= 11 is 0. The van der Waals surface area contributed by atoms with Gasteiger partial charge in [0.1, 0.15) is 18.3 Å². The molecule has 23 heavy (non-hydrogen) atoms. The molecule has 1 aromatic rings. The van der Waals surface area contributed by atoms with Gasteiger partial charge in [0.2, 0.25) is 0 Å². The molecular weight excluding hydrogens is 312 g/mol. The molecule has 1 aromatic heterocycles. The van der Waals surface area contributed by atoms with E-state index in [4.69, 9.17) is 9.47 Å². The van der Waals surface area contributed by atoms with E-state index in [1.165, 1.54) is 14.2 Å². The lowest BCUT2D eigenvalue weighted by Gasteiger charge is -2.17. The van der Waals surface area contributed by atoms with Gasteiger partial charge in [0, 0.05) is 18.9 Å². The van der Waals surface area contributed by atoms with Crippen LogP contribution in [0.3, 0.4) is 0 Å². The highest BCUT2D eigenvalue weighted by Gasteiger charge is 2.44. The molecule has 0 radical (unpaired) electrons. The summed E-state index contributed by atoms with van der Waals surface area (Å²) in [6.45, 7) is 0.0157. The summed E-state index contributed by atoms with van der Waals surface area (Å²) in [4.78, 5) is 37.0. The largest absolute Gasteiger partial charge is 0.469 e. The second-order valence-corrected chi connectivity index (χ2v) is 5.08. The lowest BCUT2D eigenvalue weighted by Crippen LogP contribution is -2.39. The monoisotopic (exact) mass is 330 g/mol. The molecule has 1 aliphatic rings. The van der Waals surface area contributed by atoms with Crippen molar-refractivity contribution in [2.24, 2.45) is 0 Å². The first-order chi connectivity index (χ1) is 10.9. The number of nitrogens with zero attached hydrogens (tertiary/aromatic N) is 1. The first-order valence-corrected chi connectivity index (χ1v) is 6.80. The lowest BCUT2D eigenvalue weighted by atomic mass is 10.1. The average molecular weight is 330 g/mol. The van der Waals surface area contributed by atoms with E-state index >= 15 is 0 Å². The molecule has 3 N–H and O–H groups in total. The summed E-state index contributed by atoms with van der Waals surface area (Å²) in [5, 5.41) is 19.9. The number of hydrogen-bond acceptors (Lipinski definition) is 8. The topological polar surface area (TPSA) is 140 Å². The standard InChI is InChI=1S/C13H18N2O8/c1-21-5-7-9(17)10(18)12(23-7)15-4-6(3-8(16)22-2)11(19)14-13(15)20/h4,7,9-10,12,17-18H,3,5H2,1-2H3,(H,14,19,20). The van der Waals surface area contributed by atoms with E-state index in [2.05, 4.69) is 4.74 Å². The van der Waals surface area contributed by atoms with E-state index in [0.717, 1.165) is 10.8 Å². The Balaban J connectivity index is 2.36. The molecule has 4 unspecified atom stereocenters. The van der Waals surface area contributed by atoms with Crippen LogP contribution in [0.1, 0.15) is 11.8 Å². The molecule has 0 aliphatic carbocycles. The molecule has 10 nitrogen and oxygen atoms in total. The van der Waals surface area contributed by atoms with E-state index in [-0.39, 0.29) is 18.6 Å². The van der Waals surface area contributed by atoms with Gasteiger partial charge in [0.15, 0.2) is 6.23 Å². The van der Waals surface area contributed by atoms with Crippen molar-refractivity contribution in [1.82, 2.24) is 9.55 Å². The van der Waals surface area contributed by atoms with Crippen molar-refractivity contribution in [1.29, 1.82) is 0 Å². The van der Waals surface area contributed by atoms with Crippen LogP contribution in [-0.2, 0) is 25.4 Å². The number of hydrogen-bond donors (Lipinski definition) is 3. The maximum atomic E-state index is 11.9. The Kier molecular flexibility index (Phi) is 5.31. The Bertz CT molecular complexity index is 681. The summed E-state index contributed by atoms with van der Waals surface area (Å²) < 4.78 is 15.7. The number of aromatic nitrogens is 2. The van der Waals surface area contributed by atoms with E-state index in [1.54, 1.807) is 0 Å². The normalized spacial score (nSPS) is 27.1. The molecule has 4 atom stereocenters. The van der Waals surface area contributed by atoms with Gasteiger partial charge in [-0.3, -0.25) is 19.1 Å². The second-order valence-electron chi connectivity index (χ2n) is 5.08. The Morgan fingerprint density at radius 2 is 2.04 bits per heavy atom. The van der Waals surface area contributed by atoms with Gasteiger partial charge in [0.05, 0.1) is 20.1 Å². The maximum Gasteiger partial charge on any atom is 0.330 e. The van der Waals surface area contributed by atoms with E-state index < -0.39 is 41.8 Å². The fourth-order valence-electron chi connectivity index (χ4n) is 2.33. The van der Waals surface area contributed by atoms with Crippen LogP contribution in [0, 0.1) is 0 Å². The van der Waals surface area contributed by atoms with Gasteiger partial charge in [-0.25, -0.2) is 4.79 Å². The molecule has 2 rings (SSSR count). The van der Waals surface area contributed by atoms with Crippen molar-refractivity contribution in [2.75, 3.05) is 20.8 Å². The van der Waals surface area contributed by atoms with Gasteiger partial charge in [0.25, 0.3) is 5.56 Å². The summed E-state index contributed by atoms with van der Waals surface area (Å²) in [6, 6.07) is 0. The highest BCUT2D eigenvalue weighted by Crippen LogP contribution is 2.28. The van der Waals surface area contributed by atoms with Crippen molar-refractivity contribution in [2.45, 2.75) is 31.0 Å². The third-order valence-electron chi connectivity index (χ3n) is 3.55. The molecule has 1 aliphatic heterocycles. The molecule has 10 heteroatoms. The number of aliphatic hydroxyl groups excluding tert-OH is 2. The number of H-pyrrole nitrogens is 1. The molecule has 2 heterocycles. The molecule has 0 saturated carbocycles. The number of carbonyl (C=O) groups is 1. The number of rotatable bonds is 5. The number of ether oxygens (including phenoxy) is 3.